The third-order valence-corrected chi connectivity index (χ3v) is 7.27. The predicted molar refractivity (Wildman–Crippen MR) is 123 cm³/mol. The minimum atomic E-state index is -4.86. The quantitative estimate of drug-likeness (QED) is 0.488. The molecule has 1 aromatic carbocycles. The van der Waals surface area contributed by atoms with Crippen LogP contribution in [0.4, 0.5) is 38.1 Å². The number of sulfonamides is 1. The van der Waals surface area contributed by atoms with Crippen LogP contribution in [-0.4, -0.2) is 61.2 Å². The molecule has 1 atom stereocenters. The SMILES string of the molecule is CC(=O)NC[C@H]1CN(S(=O)(=O)c2cn(C(F)F)nc2C)c2cc(NC(=O)OC(C)(C)C(F)(F)F)ccc2O1. The van der Waals surface area contributed by atoms with Crippen molar-refractivity contribution in [2.75, 3.05) is 22.7 Å². The number of hydrogen-bond donors (Lipinski definition) is 2. The Balaban J connectivity index is 1.99. The molecular formula is C21H24F5N5O6S. The van der Waals surface area contributed by atoms with E-state index in [-0.39, 0.29) is 40.6 Å². The van der Waals surface area contributed by atoms with E-state index in [1.807, 2.05) is 0 Å². The number of aromatic nitrogens is 2. The second kappa shape index (κ2) is 10.3. The van der Waals surface area contributed by atoms with Gasteiger partial charge in [-0.2, -0.15) is 27.1 Å². The van der Waals surface area contributed by atoms with Crippen molar-refractivity contribution in [3.05, 3.63) is 30.1 Å². The first-order valence-electron chi connectivity index (χ1n) is 10.9. The van der Waals surface area contributed by atoms with Crippen LogP contribution in [0.25, 0.3) is 0 Å². The average Bonchev–Trinajstić information content (AvgIpc) is 3.18. The predicted octanol–water partition coefficient (Wildman–Crippen LogP) is 3.57. The average molecular weight is 570 g/mol. The van der Waals surface area contributed by atoms with Crippen molar-refractivity contribution >= 4 is 33.4 Å². The Kier molecular flexibility index (Phi) is 7.81. The molecule has 1 aliphatic heterocycles. The van der Waals surface area contributed by atoms with Crippen molar-refractivity contribution in [2.24, 2.45) is 0 Å². The molecule has 0 fully saturated rings. The molecular weight excluding hydrogens is 545 g/mol. The number of fused-ring (bicyclic) bond motifs is 1. The maximum Gasteiger partial charge on any atom is 0.427 e. The van der Waals surface area contributed by atoms with Gasteiger partial charge in [0.15, 0.2) is 0 Å². The lowest BCUT2D eigenvalue weighted by Gasteiger charge is -2.35. The van der Waals surface area contributed by atoms with Gasteiger partial charge in [0.1, 0.15) is 16.7 Å². The van der Waals surface area contributed by atoms with E-state index in [0.717, 1.165) is 10.4 Å². The van der Waals surface area contributed by atoms with Crippen molar-refractivity contribution in [1.82, 2.24) is 15.1 Å². The largest absolute Gasteiger partial charge is 0.484 e. The number of ether oxygens (including phenoxy) is 2. The molecule has 2 heterocycles. The molecule has 0 spiro atoms. The molecule has 0 radical (unpaired) electrons. The number of nitrogens with zero attached hydrogens (tertiary/aromatic N) is 3. The summed E-state index contributed by atoms with van der Waals surface area (Å²) in [4.78, 5) is 23.0. The highest BCUT2D eigenvalue weighted by Crippen LogP contribution is 2.40. The van der Waals surface area contributed by atoms with Crippen LogP contribution in [0.1, 0.15) is 33.0 Å². The van der Waals surface area contributed by atoms with E-state index in [9.17, 15) is 40.0 Å². The van der Waals surface area contributed by atoms with Crippen LogP contribution in [0.3, 0.4) is 0 Å². The van der Waals surface area contributed by atoms with Gasteiger partial charge in [-0.1, -0.05) is 0 Å². The summed E-state index contributed by atoms with van der Waals surface area (Å²) < 4.78 is 104. The first-order valence-corrected chi connectivity index (χ1v) is 12.3. The summed E-state index contributed by atoms with van der Waals surface area (Å²) in [6, 6.07) is 3.58. The number of amides is 2. The lowest BCUT2D eigenvalue weighted by atomic mass is 10.1. The number of aryl methyl sites for hydroxylation is 1. The van der Waals surface area contributed by atoms with E-state index in [1.165, 1.54) is 26.0 Å². The summed E-state index contributed by atoms with van der Waals surface area (Å²) in [5, 5.41) is 8.12. The van der Waals surface area contributed by atoms with Crippen molar-refractivity contribution in [2.45, 2.75) is 57.0 Å². The molecule has 3 rings (SSSR count). The molecule has 0 unspecified atom stereocenters. The summed E-state index contributed by atoms with van der Waals surface area (Å²) in [7, 11) is -4.55. The smallest absolute Gasteiger partial charge is 0.427 e. The number of halogens is 5. The molecule has 210 valence electrons. The fourth-order valence-corrected chi connectivity index (χ4v) is 5.01. The number of alkyl halides is 5. The number of benzene rings is 1. The maximum atomic E-state index is 13.6. The van der Waals surface area contributed by atoms with Crippen LogP contribution in [0.15, 0.2) is 29.3 Å². The minimum Gasteiger partial charge on any atom is -0.484 e. The lowest BCUT2D eigenvalue weighted by molar-refractivity contribution is -0.242. The van der Waals surface area contributed by atoms with E-state index in [0.29, 0.717) is 20.0 Å². The molecule has 0 bridgehead atoms. The molecule has 11 nitrogen and oxygen atoms in total. The van der Waals surface area contributed by atoms with Gasteiger partial charge in [0.2, 0.25) is 11.5 Å². The summed E-state index contributed by atoms with van der Waals surface area (Å²) >= 11 is 0. The Morgan fingerprint density at radius 3 is 2.47 bits per heavy atom. The van der Waals surface area contributed by atoms with E-state index in [2.05, 4.69) is 20.5 Å². The molecule has 1 aliphatic rings. The summed E-state index contributed by atoms with van der Waals surface area (Å²) in [6.07, 6.45) is -6.56. The van der Waals surface area contributed by atoms with E-state index in [1.54, 1.807) is 0 Å². The first kappa shape index (κ1) is 28.9. The van der Waals surface area contributed by atoms with Crippen molar-refractivity contribution in [3.8, 4) is 5.75 Å². The second-order valence-electron chi connectivity index (χ2n) is 8.75. The topological polar surface area (TPSA) is 132 Å². The Bertz CT molecular complexity index is 1330. The van der Waals surface area contributed by atoms with Gasteiger partial charge >= 0.3 is 18.8 Å². The summed E-state index contributed by atoms with van der Waals surface area (Å²) in [6.45, 7) is 0.170. The van der Waals surface area contributed by atoms with Gasteiger partial charge in [-0.3, -0.25) is 14.4 Å². The van der Waals surface area contributed by atoms with Gasteiger partial charge in [0.25, 0.3) is 10.0 Å². The summed E-state index contributed by atoms with van der Waals surface area (Å²) in [5.41, 5.74) is -3.33. The third kappa shape index (κ3) is 6.08. The molecule has 17 heteroatoms. The van der Waals surface area contributed by atoms with Gasteiger partial charge in [0.05, 0.1) is 30.7 Å². The number of carbonyl (C=O) groups excluding carboxylic acids is 2. The minimum absolute atomic E-state index is 0.0244. The van der Waals surface area contributed by atoms with Gasteiger partial charge < -0.3 is 14.8 Å². The molecule has 0 saturated heterocycles. The lowest BCUT2D eigenvalue weighted by Crippen LogP contribution is -2.48. The maximum absolute atomic E-state index is 13.6. The molecule has 0 saturated carbocycles. The zero-order chi connectivity index (χ0) is 28.6. The van der Waals surface area contributed by atoms with Crippen LogP contribution in [-0.2, 0) is 19.6 Å². The number of hydrogen-bond acceptors (Lipinski definition) is 7. The van der Waals surface area contributed by atoms with Crippen molar-refractivity contribution in [1.29, 1.82) is 0 Å². The molecule has 38 heavy (non-hydrogen) atoms. The molecule has 2 amide bonds. The number of nitrogens with one attached hydrogen (secondary N) is 2. The highest BCUT2D eigenvalue weighted by molar-refractivity contribution is 7.92. The fraction of sp³-hybridized carbons (Fsp3) is 0.476. The van der Waals surface area contributed by atoms with Crippen LogP contribution in [0, 0.1) is 6.92 Å². The fourth-order valence-electron chi connectivity index (χ4n) is 3.35. The molecule has 2 N–H and O–H groups in total. The van der Waals surface area contributed by atoms with Gasteiger partial charge in [0, 0.05) is 12.6 Å². The Morgan fingerprint density at radius 2 is 1.92 bits per heavy atom. The highest BCUT2D eigenvalue weighted by atomic mass is 32.2. The molecule has 2 aromatic rings. The zero-order valence-electron chi connectivity index (χ0n) is 20.5. The van der Waals surface area contributed by atoms with E-state index in [4.69, 9.17) is 4.74 Å². The molecule has 1 aromatic heterocycles. The summed E-state index contributed by atoms with van der Waals surface area (Å²) in [5.74, 6) is -0.439. The second-order valence-corrected chi connectivity index (χ2v) is 10.6. The van der Waals surface area contributed by atoms with Crippen LogP contribution in [0.2, 0.25) is 0 Å². The zero-order valence-corrected chi connectivity index (χ0v) is 21.3. The molecule has 0 aliphatic carbocycles. The Hall–Kier alpha value is -3.63. The number of carbonyl (C=O) groups is 2. The Labute approximate surface area is 213 Å². The monoisotopic (exact) mass is 569 g/mol. The van der Waals surface area contributed by atoms with Crippen molar-refractivity contribution in [3.63, 3.8) is 0 Å². The van der Waals surface area contributed by atoms with Crippen LogP contribution >= 0.6 is 0 Å². The number of anilines is 2. The van der Waals surface area contributed by atoms with Gasteiger partial charge in [-0.25, -0.2) is 17.9 Å². The Morgan fingerprint density at radius 1 is 1.26 bits per heavy atom. The van der Waals surface area contributed by atoms with Crippen molar-refractivity contribution < 1.29 is 49.4 Å². The normalized spacial score (nSPS) is 16.1. The van der Waals surface area contributed by atoms with Gasteiger partial charge in [-0.15, -0.1) is 0 Å². The van der Waals surface area contributed by atoms with E-state index >= 15 is 0 Å². The van der Waals surface area contributed by atoms with Gasteiger partial charge in [-0.05, 0) is 39.0 Å². The van der Waals surface area contributed by atoms with Crippen LogP contribution in [0.5, 0.6) is 5.75 Å². The van der Waals surface area contributed by atoms with Crippen LogP contribution < -0.4 is 19.7 Å². The third-order valence-electron chi connectivity index (χ3n) is 5.39. The number of rotatable bonds is 7. The van der Waals surface area contributed by atoms with E-state index < -0.39 is 51.3 Å². The highest BCUT2D eigenvalue weighted by Gasteiger charge is 2.51. The first-order chi connectivity index (χ1) is 17.4. The standard InChI is InChI=1S/C21H24F5N5O6S/c1-11-17(10-30(29-11)18(22)23)38(34,35)31-9-14(8-27-12(2)32)36-16-6-5-13(7-15(16)31)28-19(33)37-20(3,4)21(24,25)26/h5-7,10,14,18H,8-9H2,1-4H3,(H,27,32)(H,28,33)/t14-/m0/s1.